The second kappa shape index (κ2) is 4.63. The van der Waals surface area contributed by atoms with Gasteiger partial charge in [-0.05, 0) is 26.0 Å². The summed E-state index contributed by atoms with van der Waals surface area (Å²) < 4.78 is 2.09. The zero-order valence-electron chi connectivity index (χ0n) is 9.90. The molecule has 0 fully saturated rings. The van der Waals surface area contributed by atoms with Crippen molar-refractivity contribution in [3.05, 3.63) is 30.1 Å². The number of hydrogen-bond acceptors (Lipinski definition) is 3. The molecular weight excluding hydrogens is 202 g/mol. The van der Waals surface area contributed by atoms with Crippen molar-refractivity contribution in [2.75, 3.05) is 6.61 Å². The summed E-state index contributed by atoms with van der Waals surface area (Å²) in [5.41, 5.74) is 5.13. The highest BCUT2D eigenvalue weighted by atomic mass is 16.6. The van der Waals surface area contributed by atoms with Gasteiger partial charge in [-0.15, -0.1) is 0 Å². The first-order valence-corrected chi connectivity index (χ1v) is 5.52. The standard InChI is InChI=1S/C12H17N3O/c1-4-16-14-9(2)12-13-10-7-5-6-8-11(10)15(12)3/h5-9,14H,4H2,1-3H3. The fourth-order valence-electron chi connectivity index (χ4n) is 1.81. The zero-order chi connectivity index (χ0) is 11.5. The van der Waals surface area contributed by atoms with Gasteiger partial charge in [-0.25, -0.2) is 4.98 Å². The lowest BCUT2D eigenvalue weighted by molar-refractivity contribution is 0.0260. The molecule has 1 heterocycles. The number of hydrogen-bond donors (Lipinski definition) is 1. The lowest BCUT2D eigenvalue weighted by atomic mass is 10.3. The van der Waals surface area contributed by atoms with Crippen molar-refractivity contribution in [2.24, 2.45) is 7.05 Å². The number of imidazole rings is 1. The molecule has 0 aliphatic rings. The van der Waals surface area contributed by atoms with E-state index in [1.165, 1.54) is 0 Å². The first-order valence-electron chi connectivity index (χ1n) is 5.52. The molecule has 16 heavy (non-hydrogen) atoms. The van der Waals surface area contributed by atoms with Crippen molar-refractivity contribution in [3.63, 3.8) is 0 Å². The number of nitrogens with zero attached hydrogens (tertiary/aromatic N) is 2. The first-order chi connectivity index (χ1) is 7.74. The van der Waals surface area contributed by atoms with Crippen molar-refractivity contribution >= 4 is 11.0 Å². The highest BCUT2D eigenvalue weighted by Gasteiger charge is 2.13. The van der Waals surface area contributed by atoms with Crippen LogP contribution in [0.5, 0.6) is 0 Å². The quantitative estimate of drug-likeness (QED) is 0.801. The molecule has 0 saturated carbocycles. The van der Waals surface area contributed by atoms with Crippen LogP contribution in [0.4, 0.5) is 0 Å². The number of para-hydroxylation sites is 2. The molecule has 4 heteroatoms. The topological polar surface area (TPSA) is 39.1 Å². The van der Waals surface area contributed by atoms with Crippen molar-refractivity contribution in [3.8, 4) is 0 Å². The van der Waals surface area contributed by atoms with Gasteiger partial charge in [-0.2, -0.15) is 5.48 Å². The van der Waals surface area contributed by atoms with Gasteiger partial charge in [-0.3, -0.25) is 0 Å². The van der Waals surface area contributed by atoms with Crippen molar-refractivity contribution in [2.45, 2.75) is 19.9 Å². The summed E-state index contributed by atoms with van der Waals surface area (Å²) >= 11 is 0. The molecule has 4 nitrogen and oxygen atoms in total. The largest absolute Gasteiger partial charge is 0.330 e. The fourth-order valence-corrected chi connectivity index (χ4v) is 1.81. The van der Waals surface area contributed by atoms with E-state index in [-0.39, 0.29) is 6.04 Å². The Balaban J connectivity index is 2.33. The van der Waals surface area contributed by atoms with Gasteiger partial charge >= 0.3 is 0 Å². The van der Waals surface area contributed by atoms with Gasteiger partial charge in [-0.1, -0.05) is 12.1 Å². The second-order valence-electron chi connectivity index (χ2n) is 3.79. The molecule has 1 N–H and O–H groups in total. The minimum Gasteiger partial charge on any atom is -0.330 e. The van der Waals surface area contributed by atoms with Crippen molar-refractivity contribution < 1.29 is 4.84 Å². The zero-order valence-corrected chi connectivity index (χ0v) is 9.90. The van der Waals surface area contributed by atoms with Crippen LogP contribution in [-0.4, -0.2) is 16.2 Å². The van der Waals surface area contributed by atoms with E-state index in [0.29, 0.717) is 6.61 Å². The molecule has 0 amide bonds. The van der Waals surface area contributed by atoms with Crippen LogP contribution in [0.15, 0.2) is 24.3 Å². The summed E-state index contributed by atoms with van der Waals surface area (Å²) in [6.07, 6.45) is 0. The van der Waals surface area contributed by atoms with Crippen LogP contribution in [0.25, 0.3) is 11.0 Å². The molecule has 0 spiro atoms. The Hall–Kier alpha value is -1.39. The summed E-state index contributed by atoms with van der Waals surface area (Å²) in [4.78, 5) is 9.78. The third-order valence-corrected chi connectivity index (χ3v) is 2.61. The number of aryl methyl sites for hydroxylation is 1. The van der Waals surface area contributed by atoms with E-state index in [1.54, 1.807) is 0 Å². The first kappa shape index (κ1) is 11.1. The van der Waals surface area contributed by atoms with Gasteiger partial charge in [0.05, 0.1) is 23.7 Å². The van der Waals surface area contributed by atoms with Gasteiger partial charge in [0, 0.05) is 7.05 Å². The maximum absolute atomic E-state index is 5.20. The molecular formula is C12H17N3O. The molecule has 0 radical (unpaired) electrons. The molecule has 0 aliphatic carbocycles. The molecule has 2 aromatic rings. The highest BCUT2D eigenvalue weighted by Crippen LogP contribution is 2.18. The average molecular weight is 219 g/mol. The molecule has 1 aromatic heterocycles. The third-order valence-electron chi connectivity index (χ3n) is 2.61. The van der Waals surface area contributed by atoms with Crippen LogP contribution in [0, 0.1) is 0 Å². The predicted octanol–water partition coefficient (Wildman–Crippen LogP) is 2.18. The van der Waals surface area contributed by atoms with Crippen LogP contribution in [0.1, 0.15) is 25.7 Å². The Labute approximate surface area is 95.2 Å². The maximum atomic E-state index is 5.20. The van der Waals surface area contributed by atoms with Crippen molar-refractivity contribution in [1.29, 1.82) is 0 Å². The van der Waals surface area contributed by atoms with Gasteiger partial charge in [0.15, 0.2) is 0 Å². The molecule has 0 bridgehead atoms. The lowest BCUT2D eigenvalue weighted by Gasteiger charge is -2.12. The van der Waals surface area contributed by atoms with E-state index < -0.39 is 0 Å². The molecule has 86 valence electrons. The number of benzene rings is 1. The van der Waals surface area contributed by atoms with E-state index >= 15 is 0 Å². The summed E-state index contributed by atoms with van der Waals surface area (Å²) in [7, 11) is 2.02. The smallest absolute Gasteiger partial charge is 0.128 e. The Morgan fingerprint density at radius 2 is 2.19 bits per heavy atom. The van der Waals surface area contributed by atoms with Gasteiger partial charge in [0.2, 0.25) is 0 Å². The number of nitrogens with one attached hydrogen (secondary N) is 1. The number of rotatable bonds is 4. The summed E-state index contributed by atoms with van der Waals surface area (Å²) in [5.74, 6) is 0.981. The molecule has 0 aliphatic heterocycles. The predicted molar refractivity (Wildman–Crippen MR) is 63.9 cm³/mol. The summed E-state index contributed by atoms with van der Waals surface area (Å²) in [5, 5.41) is 0. The van der Waals surface area contributed by atoms with Crippen molar-refractivity contribution in [1.82, 2.24) is 15.0 Å². The second-order valence-corrected chi connectivity index (χ2v) is 3.79. The molecule has 2 rings (SSSR count). The number of hydroxylamine groups is 1. The monoisotopic (exact) mass is 219 g/mol. The Morgan fingerprint density at radius 1 is 1.44 bits per heavy atom. The highest BCUT2D eigenvalue weighted by molar-refractivity contribution is 5.75. The fraction of sp³-hybridized carbons (Fsp3) is 0.417. The molecule has 1 aromatic carbocycles. The Kier molecular flexibility index (Phi) is 3.22. The number of fused-ring (bicyclic) bond motifs is 1. The maximum Gasteiger partial charge on any atom is 0.128 e. The minimum atomic E-state index is 0.0809. The van der Waals surface area contributed by atoms with Gasteiger partial charge < -0.3 is 9.40 Å². The third kappa shape index (κ3) is 1.94. The van der Waals surface area contributed by atoms with Gasteiger partial charge in [0.1, 0.15) is 5.82 Å². The molecule has 1 atom stereocenters. The van der Waals surface area contributed by atoms with E-state index in [0.717, 1.165) is 16.9 Å². The van der Waals surface area contributed by atoms with Crippen LogP contribution in [-0.2, 0) is 11.9 Å². The number of aromatic nitrogens is 2. The van der Waals surface area contributed by atoms with Gasteiger partial charge in [0.25, 0.3) is 0 Å². The summed E-state index contributed by atoms with van der Waals surface area (Å²) in [6, 6.07) is 8.19. The van der Waals surface area contributed by atoms with E-state index in [2.05, 4.69) is 21.1 Å². The van der Waals surface area contributed by atoms with Crippen LogP contribution in [0.2, 0.25) is 0 Å². The Morgan fingerprint density at radius 3 is 2.88 bits per heavy atom. The van der Waals surface area contributed by atoms with Crippen LogP contribution >= 0.6 is 0 Å². The molecule has 0 saturated heterocycles. The van der Waals surface area contributed by atoms with E-state index in [1.807, 2.05) is 39.1 Å². The average Bonchev–Trinajstić information content (AvgIpc) is 2.64. The summed E-state index contributed by atoms with van der Waals surface area (Å²) in [6.45, 7) is 4.64. The van der Waals surface area contributed by atoms with Crippen LogP contribution < -0.4 is 5.48 Å². The SMILES string of the molecule is CCONC(C)c1nc2ccccc2n1C. The molecule has 1 unspecified atom stereocenters. The van der Waals surface area contributed by atoms with Crippen LogP contribution in [0.3, 0.4) is 0 Å². The van der Waals surface area contributed by atoms with E-state index in [4.69, 9.17) is 4.84 Å². The lowest BCUT2D eigenvalue weighted by Crippen LogP contribution is -2.21. The van der Waals surface area contributed by atoms with E-state index in [9.17, 15) is 0 Å². The normalized spacial score (nSPS) is 13.2. The minimum absolute atomic E-state index is 0.0809. The Bertz CT molecular complexity index is 478.